The summed E-state index contributed by atoms with van der Waals surface area (Å²) in [6.07, 6.45) is 4.08. The van der Waals surface area contributed by atoms with Gasteiger partial charge in [0.05, 0.1) is 38.6 Å². The van der Waals surface area contributed by atoms with Crippen LogP contribution in [0.2, 0.25) is 0 Å². The van der Waals surface area contributed by atoms with E-state index < -0.39 is 0 Å². The van der Waals surface area contributed by atoms with Crippen molar-refractivity contribution in [3.05, 3.63) is 46.2 Å². The number of ether oxygens (including phenoxy) is 6. The molecule has 3 aliphatic rings. The Bertz CT molecular complexity index is 1130. The van der Waals surface area contributed by atoms with Crippen molar-refractivity contribution in [2.75, 3.05) is 41.2 Å². The summed E-state index contributed by atoms with van der Waals surface area (Å²) in [7, 11) is 4.66. The molecular weight excluding hydrogens is 438 g/mol. The number of hydrogen-bond acceptors (Lipinski definition) is 8. The van der Waals surface area contributed by atoms with Crippen LogP contribution in [-0.4, -0.2) is 58.0 Å². The second-order valence-electron chi connectivity index (χ2n) is 8.69. The zero-order valence-electron chi connectivity index (χ0n) is 19.9. The van der Waals surface area contributed by atoms with E-state index >= 15 is 0 Å². The Balaban J connectivity index is 1.47. The van der Waals surface area contributed by atoms with Crippen LogP contribution in [0.15, 0.2) is 24.0 Å². The molecule has 5 rings (SSSR count). The first-order valence-electron chi connectivity index (χ1n) is 11.4. The smallest absolute Gasteiger partial charge is 0.232 e. The summed E-state index contributed by atoms with van der Waals surface area (Å²) in [6, 6.07) is 5.49. The van der Waals surface area contributed by atoms with Crippen LogP contribution in [0, 0.1) is 6.92 Å². The van der Waals surface area contributed by atoms with Crippen LogP contribution in [0.25, 0.3) is 6.08 Å². The molecule has 1 unspecified atom stereocenters. The van der Waals surface area contributed by atoms with Gasteiger partial charge in [-0.3, -0.25) is 9.69 Å². The molecule has 3 heterocycles. The lowest BCUT2D eigenvalue weighted by atomic mass is 9.98. The first kappa shape index (κ1) is 22.6. The minimum atomic E-state index is -0.152. The maximum Gasteiger partial charge on any atom is 0.232 e. The molecule has 0 spiro atoms. The largest absolute Gasteiger partial charge is 0.493 e. The van der Waals surface area contributed by atoms with Gasteiger partial charge in [-0.2, -0.15) is 0 Å². The number of allylic oxidation sites excluding steroid dienone is 1. The van der Waals surface area contributed by atoms with Crippen molar-refractivity contribution in [2.24, 2.45) is 0 Å². The van der Waals surface area contributed by atoms with Gasteiger partial charge in [-0.1, -0.05) is 0 Å². The van der Waals surface area contributed by atoms with Crippen LogP contribution >= 0.6 is 0 Å². The van der Waals surface area contributed by atoms with Gasteiger partial charge in [0.1, 0.15) is 18.2 Å². The van der Waals surface area contributed by atoms with E-state index in [-0.39, 0.29) is 17.6 Å². The van der Waals surface area contributed by atoms with E-state index in [1.54, 1.807) is 39.5 Å². The molecule has 1 fully saturated rings. The van der Waals surface area contributed by atoms with Crippen LogP contribution in [0.1, 0.15) is 39.9 Å². The summed E-state index contributed by atoms with van der Waals surface area (Å²) >= 11 is 0. The minimum absolute atomic E-state index is 0.152. The molecule has 34 heavy (non-hydrogen) atoms. The van der Waals surface area contributed by atoms with Crippen LogP contribution in [0.5, 0.6) is 28.7 Å². The van der Waals surface area contributed by atoms with Crippen LogP contribution in [-0.2, 0) is 11.3 Å². The molecule has 1 saturated heterocycles. The molecule has 0 aliphatic carbocycles. The molecule has 0 N–H and O–H groups in total. The number of fused-ring (bicyclic) bond motifs is 3. The highest BCUT2D eigenvalue weighted by molar-refractivity contribution is 6.16. The summed E-state index contributed by atoms with van der Waals surface area (Å²) in [5.41, 5.74) is 3.01. The first-order chi connectivity index (χ1) is 16.5. The molecule has 0 bridgehead atoms. The third kappa shape index (κ3) is 3.97. The van der Waals surface area contributed by atoms with E-state index in [4.69, 9.17) is 28.4 Å². The minimum Gasteiger partial charge on any atom is -0.493 e. The van der Waals surface area contributed by atoms with E-state index in [1.165, 1.54) is 0 Å². The van der Waals surface area contributed by atoms with E-state index in [0.717, 1.165) is 42.9 Å². The lowest BCUT2D eigenvalue weighted by molar-refractivity contribution is 0.0273. The molecular formula is C26H29NO7. The number of ketones is 1. The van der Waals surface area contributed by atoms with Gasteiger partial charge >= 0.3 is 0 Å². The van der Waals surface area contributed by atoms with Gasteiger partial charge in [-0.05, 0) is 55.2 Å². The fraction of sp³-hybridized carbons (Fsp3) is 0.423. The summed E-state index contributed by atoms with van der Waals surface area (Å²) in [5, 5.41) is 0. The van der Waals surface area contributed by atoms with E-state index in [0.29, 0.717) is 47.4 Å². The zero-order valence-corrected chi connectivity index (χ0v) is 19.9. The lowest BCUT2D eigenvalue weighted by Gasteiger charge is -2.31. The Morgan fingerprint density at radius 1 is 1.12 bits per heavy atom. The highest BCUT2D eigenvalue weighted by atomic mass is 16.5. The van der Waals surface area contributed by atoms with Crippen molar-refractivity contribution in [3.8, 4) is 28.7 Å². The molecule has 8 nitrogen and oxygen atoms in total. The van der Waals surface area contributed by atoms with E-state index in [9.17, 15) is 4.79 Å². The normalized spacial score (nSPS) is 20.5. The summed E-state index contributed by atoms with van der Waals surface area (Å²) < 4.78 is 34.3. The second kappa shape index (κ2) is 9.19. The molecule has 2 aromatic rings. The maximum atomic E-state index is 13.3. The van der Waals surface area contributed by atoms with E-state index in [2.05, 4.69) is 4.90 Å². The number of nitrogens with zero attached hydrogens (tertiary/aromatic N) is 1. The topological polar surface area (TPSA) is 75.7 Å². The first-order valence-corrected chi connectivity index (χ1v) is 11.4. The number of rotatable bonds is 6. The Hall–Kier alpha value is -3.23. The van der Waals surface area contributed by atoms with Crippen molar-refractivity contribution < 1.29 is 33.2 Å². The number of benzene rings is 2. The summed E-state index contributed by atoms with van der Waals surface area (Å²) in [4.78, 5) is 15.5. The highest BCUT2D eigenvalue weighted by Crippen LogP contribution is 2.45. The fourth-order valence-corrected chi connectivity index (χ4v) is 4.81. The SMILES string of the molecule is COc1cc(/C=C2\Oc3c4c(cc(C)c3C2=O)OCN(CC2CCCO2)C4)cc(OC)c1OC. The Labute approximate surface area is 198 Å². The third-order valence-electron chi connectivity index (χ3n) is 6.46. The molecule has 180 valence electrons. The van der Waals surface area contributed by atoms with Crippen molar-refractivity contribution >= 4 is 11.9 Å². The fourth-order valence-electron chi connectivity index (χ4n) is 4.81. The number of Topliss-reactive ketones (excluding diaryl/α,β-unsaturated/α-hetero) is 1. The van der Waals surface area contributed by atoms with Crippen LogP contribution in [0.4, 0.5) is 0 Å². The van der Waals surface area contributed by atoms with Crippen molar-refractivity contribution in [1.29, 1.82) is 0 Å². The predicted octanol–water partition coefficient (Wildman–Crippen LogP) is 3.97. The number of carbonyl (C=O) groups excluding carboxylic acids is 1. The van der Waals surface area contributed by atoms with Crippen molar-refractivity contribution in [1.82, 2.24) is 4.90 Å². The predicted molar refractivity (Wildman–Crippen MR) is 125 cm³/mol. The number of aryl methyl sites for hydroxylation is 1. The molecule has 0 radical (unpaired) electrons. The number of carbonyl (C=O) groups is 1. The van der Waals surface area contributed by atoms with Gasteiger partial charge < -0.3 is 28.4 Å². The monoisotopic (exact) mass is 467 g/mol. The van der Waals surface area contributed by atoms with Crippen molar-refractivity contribution in [3.63, 3.8) is 0 Å². The standard InChI is InChI=1S/C26H29NO7/c1-15-8-19-18(13-27(14-33-19)12-17-6-5-7-32-17)25-23(15)24(28)20(34-25)9-16-10-21(29-2)26(31-4)22(11-16)30-3/h8-11,17H,5-7,12-14H2,1-4H3/b20-9-. The van der Waals surface area contributed by atoms with E-state index in [1.807, 2.05) is 13.0 Å². The molecule has 3 aliphatic heterocycles. The van der Waals surface area contributed by atoms with Gasteiger partial charge in [-0.25, -0.2) is 0 Å². The number of methoxy groups -OCH3 is 3. The molecule has 1 atom stereocenters. The summed E-state index contributed by atoms with van der Waals surface area (Å²) in [5.74, 6) is 2.93. The van der Waals surface area contributed by atoms with Gasteiger partial charge in [0.2, 0.25) is 11.5 Å². The Morgan fingerprint density at radius 2 is 1.88 bits per heavy atom. The van der Waals surface area contributed by atoms with Crippen LogP contribution in [0.3, 0.4) is 0 Å². The van der Waals surface area contributed by atoms with Gasteiger partial charge in [-0.15, -0.1) is 0 Å². The zero-order chi connectivity index (χ0) is 23.8. The summed E-state index contributed by atoms with van der Waals surface area (Å²) in [6.45, 7) is 4.65. The third-order valence-corrected chi connectivity index (χ3v) is 6.46. The van der Waals surface area contributed by atoms with Crippen LogP contribution < -0.4 is 23.7 Å². The highest BCUT2D eigenvalue weighted by Gasteiger charge is 2.36. The average Bonchev–Trinajstić information content (AvgIpc) is 3.47. The molecule has 0 aromatic heterocycles. The Kier molecular flexibility index (Phi) is 6.10. The molecule has 0 saturated carbocycles. The van der Waals surface area contributed by atoms with Gasteiger partial charge in [0.25, 0.3) is 0 Å². The average molecular weight is 468 g/mol. The quantitative estimate of drug-likeness (QED) is 0.591. The Morgan fingerprint density at radius 3 is 2.53 bits per heavy atom. The van der Waals surface area contributed by atoms with Gasteiger partial charge in [0, 0.05) is 19.7 Å². The molecule has 2 aromatic carbocycles. The molecule has 0 amide bonds. The maximum absolute atomic E-state index is 13.3. The van der Waals surface area contributed by atoms with Gasteiger partial charge in [0.15, 0.2) is 17.3 Å². The number of hydrogen-bond donors (Lipinski definition) is 0. The second-order valence-corrected chi connectivity index (χ2v) is 8.69. The molecule has 8 heteroatoms. The lowest BCUT2D eigenvalue weighted by Crippen LogP contribution is -2.37. The van der Waals surface area contributed by atoms with Crippen molar-refractivity contribution in [2.45, 2.75) is 32.4 Å².